The van der Waals surface area contributed by atoms with Gasteiger partial charge in [-0.25, -0.2) is 9.59 Å². The molecule has 0 saturated carbocycles. The molecule has 0 aliphatic carbocycles. The van der Waals surface area contributed by atoms with E-state index in [9.17, 15) is 43.8 Å². The van der Waals surface area contributed by atoms with Crippen LogP contribution in [0, 0.1) is 5.92 Å². The van der Waals surface area contributed by atoms with Crippen molar-refractivity contribution in [3.05, 3.63) is 102 Å². The second-order valence-corrected chi connectivity index (χ2v) is 15.4. The van der Waals surface area contributed by atoms with Crippen molar-refractivity contribution in [3.63, 3.8) is 0 Å². The quantitative estimate of drug-likeness (QED) is 0.141. The molecule has 3 aromatic rings. The first-order chi connectivity index (χ1) is 28.6. The van der Waals surface area contributed by atoms with Crippen LogP contribution in [0.15, 0.2) is 84.9 Å². The van der Waals surface area contributed by atoms with E-state index in [1.165, 1.54) is 31.0 Å². The number of aryl methyl sites for hydroxylation is 1. The Morgan fingerprint density at radius 1 is 0.767 bits per heavy atom. The highest BCUT2D eigenvalue weighted by Gasteiger charge is 2.35. The second kappa shape index (κ2) is 22.6. The number of carbonyl (C=O) groups is 7. The van der Waals surface area contributed by atoms with Crippen molar-refractivity contribution in [3.8, 4) is 5.75 Å². The van der Waals surface area contributed by atoms with Crippen molar-refractivity contribution in [1.29, 1.82) is 0 Å². The summed E-state index contributed by atoms with van der Waals surface area (Å²) < 4.78 is 0. The Hall–Kier alpha value is -6.45. The van der Waals surface area contributed by atoms with Gasteiger partial charge < -0.3 is 47.0 Å². The SMILES string of the molecule is CC(C)[C@@H]1NC(=O)[C@H](NC(=O)N[C@@H](Cc2ccccc2)C(=O)O)CCCCNC(=O)[C@H](Cc2ccccc2)NC(=O)[C@H](C)N(C)C(=O)[C@H](CCc2ccc(O)cc2)NC1=O. The predicted molar refractivity (Wildman–Crippen MR) is 223 cm³/mol. The van der Waals surface area contributed by atoms with Crippen LogP contribution in [0.1, 0.15) is 63.1 Å². The van der Waals surface area contributed by atoms with Crippen molar-refractivity contribution >= 4 is 41.5 Å². The van der Waals surface area contributed by atoms with Crippen LogP contribution < -0.4 is 31.9 Å². The Kier molecular flexibility index (Phi) is 17.4. The van der Waals surface area contributed by atoms with Gasteiger partial charge in [-0.1, -0.05) is 86.6 Å². The van der Waals surface area contributed by atoms with Gasteiger partial charge >= 0.3 is 12.0 Å². The summed E-state index contributed by atoms with van der Waals surface area (Å²) in [7, 11) is 1.43. The number of nitrogens with one attached hydrogen (secondary N) is 6. The number of carboxylic acids is 1. The first-order valence-corrected chi connectivity index (χ1v) is 20.2. The fraction of sp³-hybridized carbons (Fsp3) is 0.432. The molecule has 1 aliphatic rings. The lowest BCUT2D eigenvalue weighted by molar-refractivity contribution is -0.142. The van der Waals surface area contributed by atoms with Crippen molar-refractivity contribution in [1.82, 2.24) is 36.8 Å². The highest BCUT2D eigenvalue weighted by Crippen LogP contribution is 2.15. The molecule has 16 nitrogen and oxygen atoms in total. The molecule has 7 amide bonds. The number of carboxylic acid groups (broad SMARTS) is 1. The van der Waals surface area contributed by atoms with Gasteiger partial charge in [-0.05, 0) is 73.8 Å². The summed E-state index contributed by atoms with van der Waals surface area (Å²) in [5.74, 6) is -4.75. The predicted octanol–water partition coefficient (Wildman–Crippen LogP) is 2.19. The third-order valence-corrected chi connectivity index (χ3v) is 10.5. The highest BCUT2D eigenvalue weighted by atomic mass is 16.4. The number of amides is 7. The van der Waals surface area contributed by atoms with Gasteiger partial charge in [-0.15, -0.1) is 0 Å². The number of nitrogens with zero attached hydrogens (tertiary/aromatic N) is 1. The summed E-state index contributed by atoms with van der Waals surface area (Å²) in [6.45, 7) is 5.09. The van der Waals surface area contributed by atoms with E-state index in [4.69, 9.17) is 0 Å². The van der Waals surface area contributed by atoms with Gasteiger partial charge in [-0.2, -0.15) is 0 Å². The first-order valence-electron chi connectivity index (χ1n) is 20.2. The van der Waals surface area contributed by atoms with Gasteiger partial charge in [-0.3, -0.25) is 24.0 Å². The number of rotatable bonds is 11. The minimum atomic E-state index is -1.32. The Bertz CT molecular complexity index is 1930. The molecule has 0 bridgehead atoms. The number of aromatic hydroxyl groups is 1. The minimum Gasteiger partial charge on any atom is -0.508 e. The molecule has 0 radical (unpaired) electrons. The maximum atomic E-state index is 14.2. The summed E-state index contributed by atoms with van der Waals surface area (Å²) in [6.07, 6.45) is 1.26. The molecule has 3 aromatic carbocycles. The summed E-state index contributed by atoms with van der Waals surface area (Å²) in [4.78, 5) is 96.2. The molecule has 1 saturated heterocycles. The number of phenolic OH excluding ortho intramolecular Hbond substituents is 1. The van der Waals surface area contributed by atoms with Gasteiger partial charge in [0, 0.05) is 26.4 Å². The molecule has 60 heavy (non-hydrogen) atoms. The molecule has 0 spiro atoms. The molecule has 6 atom stereocenters. The Labute approximate surface area is 350 Å². The summed E-state index contributed by atoms with van der Waals surface area (Å²) in [5.41, 5.74) is 2.23. The number of hydrogen-bond donors (Lipinski definition) is 8. The van der Waals surface area contributed by atoms with Crippen molar-refractivity contribution in [2.75, 3.05) is 13.6 Å². The molecular formula is C44H57N7O9. The number of phenols is 1. The minimum absolute atomic E-state index is 0.0118. The van der Waals surface area contributed by atoms with E-state index < -0.39 is 83.7 Å². The number of benzene rings is 3. The van der Waals surface area contributed by atoms with E-state index in [2.05, 4.69) is 31.9 Å². The summed E-state index contributed by atoms with van der Waals surface area (Å²) in [5, 5.41) is 35.9. The van der Waals surface area contributed by atoms with Crippen LogP contribution in [0.5, 0.6) is 5.75 Å². The van der Waals surface area contributed by atoms with Crippen LogP contribution in [0.2, 0.25) is 0 Å². The van der Waals surface area contributed by atoms with E-state index in [-0.39, 0.29) is 38.0 Å². The fourth-order valence-corrected chi connectivity index (χ4v) is 6.73. The Morgan fingerprint density at radius 3 is 2.00 bits per heavy atom. The van der Waals surface area contributed by atoms with E-state index in [0.29, 0.717) is 24.8 Å². The number of aliphatic carboxylic acids is 1. The molecule has 0 aromatic heterocycles. The normalized spacial score (nSPS) is 21.9. The van der Waals surface area contributed by atoms with Crippen LogP contribution >= 0.6 is 0 Å². The van der Waals surface area contributed by atoms with Crippen LogP contribution in [0.25, 0.3) is 0 Å². The van der Waals surface area contributed by atoms with Gasteiger partial charge in [0.1, 0.15) is 42.0 Å². The lowest BCUT2D eigenvalue weighted by Crippen LogP contribution is -2.60. The van der Waals surface area contributed by atoms with E-state index >= 15 is 0 Å². The topological polar surface area (TPSA) is 235 Å². The number of urea groups is 1. The van der Waals surface area contributed by atoms with Gasteiger partial charge in [0.25, 0.3) is 0 Å². The molecule has 0 unspecified atom stereocenters. The fourth-order valence-electron chi connectivity index (χ4n) is 6.73. The van der Waals surface area contributed by atoms with Crippen molar-refractivity contribution in [2.24, 2.45) is 5.92 Å². The molecule has 322 valence electrons. The summed E-state index contributed by atoms with van der Waals surface area (Å²) in [6, 6.07) is 16.4. The lowest BCUT2D eigenvalue weighted by atomic mass is 9.99. The number of hydrogen-bond acceptors (Lipinski definition) is 8. The van der Waals surface area contributed by atoms with Crippen molar-refractivity contribution < 1.29 is 43.8 Å². The third kappa shape index (κ3) is 14.1. The smallest absolute Gasteiger partial charge is 0.326 e. The molecular weight excluding hydrogens is 771 g/mol. The molecule has 1 fully saturated rings. The zero-order valence-electron chi connectivity index (χ0n) is 34.5. The largest absolute Gasteiger partial charge is 0.508 e. The molecule has 16 heteroatoms. The molecule has 1 aliphatic heterocycles. The zero-order chi connectivity index (χ0) is 43.8. The van der Waals surface area contributed by atoms with E-state index in [0.717, 1.165) is 11.1 Å². The number of likely N-dealkylation sites (N-methyl/N-ethyl adjacent to an activating group) is 1. The first kappa shape index (κ1) is 46.2. The van der Waals surface area contributed by atoms with Crippen LogP contribution in [-0.2, 0) is 48.0 Å². The molecule has 4 rings (SSSR count). The third-order valence-electron chi connectivity index (χ3n) is 10.5. The van der Waals surface area contributed by atoms with Gasteiger partial charge in [0.05, 0.1) is 0 Å². The standard InChI is InChI=1S/C44H57N7O9/c1-27(2)37-41(56)46-34(23-20-29-18-21-32(52)22-19-29)42(57)51(4)28(3)38(53)47-35(25-30-13-7-5-8-14-30)39(54)45-24-12-11-17-33(40(55)50-37)48-44(60)49-36(43(58)59)26-31-15-9-6-10-16-31/h5-10,13-16,18-19,21-22,27-28,33-37,52H,11-12,17,20,23-26H2,1-4H3,(H,45,54)(H,46,56)(H,47,53)(H,50,55)(H,58,59)(H2,48,49,60)/t28-,33+,34-,35-,36-,37-/m0/s1. The van der Waals surface area contributed by atoms with E-state index in [1.54, 1.807) is 56.3 Å². The van der Waals surface area contributed by atoms with Crippen LogP contribution in [0.4, 0.5) is 4.79 Å². The maximum absolute atomic E-state index is 14.2. The summed E-state index contributed by atoms with van der Waals surface area (Å²) >= 11 is 0. The van der Waals surface area contributed by atoms with Crippen LogP contribution in [0.3, 0.4) is 0 Å². The zero-order valence-corrected chi connectivity index (χ0v) is 34.5. The monoisotopic (exact) mass is 827 g/mol. The van der Waals surface area contributed by atoms with Gasteiger partial charge in [0.2, 0.25) is 29.5 Å². The van der Waals surface area contributed by atoms with Gasteiger partial charge in [0.15, 0.2) is 0 Å². The lowest BCUT2D eigenvalue weighted by Gasteiger charge is -2.31. The second-order valence-electron chi connectivity index (χ2n) is 15.4. The number of carbonyl (C=O) groups excluding carboxylic acids is 6. The molecule has 8 N–H and O–H groups in total. The maximum Gasteiger partial charge on any atom is 0.326 e. The average molecular weight is 828 g/mol. The van der Waals surface area contributed by atoms with E-state index in [1.807, 2.05) is 30.3 Å². The molecule has 1 heterocycles. The van der Waals surface area contributed by atoms with Crippen LogP contribution in [-0.4, -0.2) is 106 Å². The van der Waals surface area contributed by atoms with Crippen molar-refractivity contribution in [2.45, 2.75) is 102 Å². The Balaban J connectivity index is 1.63. The Morgan fingerprint density at radius 2 is 1.38 bits per heavy atom. The average Bonchev–Trinajstić information content (AvgIpc) is 3.22. The highest BCUT2D eigenvalue weighted by molar-refractivity contribution is 5.96.